The average Bonchev–Trinajstić information content (AvgIpc) is 2.88. The van der Waals surface area contributed by atoms with Gasteiger partial charge in [0.2, 0.25) is 0 Å². The van der Waals surface area contributed by atoms with Crippen molar-refractivity contribution in [3.05, 3.63) is 40.4 Å². The van der Waals surface area contributed by atoms with Gasteiger partial charge in [-0.3, -0.25) is 0 Å². The average molecular weight is 306 g/mol. The van der Waals surface area contributed by atoms with Crippen LogP contribution in [0.3, 0.4) is 0 Å². The monoisotopic (exact) mass is 305 g/mol. The molecule has 0 fully saturated rings. The number of hydrogen-bond acceptors (Lipinski definition) is 2. The largest absolute Gasteiger partial charge is 0.481 e. The Labute approximate surface area is 117 Å². The van der Waals surface area contributed by atoms with Gasteiger partial charge >= 0.3 is 0 Å². The highest BCUT2D eigenvalue weighted by atomic mass is 79.9. The van der Waals surface area contributed by atoms with Crippen LogP contribution in [0.1, 0.15) is 18.4 Å². The minimum atomic E-state index is 0.305. The van der Waals surface area contributed by atoms with Gasteiger partial charge in [-0.05, 0) is 31.0 Å². The van der Waals surface area contributed by atoms with E-state index in [1.165, 1.54) is 0 Å². The Morgan fingerprint density at radius 1 is 1.39 bits per heavy atom. The van der Waals surface area contributed by atoms with Crippen LogP contribution in [0.2, 0.25) is 0 Å². The lowest BCUT2D eigenvalue weighted by Gasteiger charge is -2.15. The van der Waals surface area contributed by atoms with Crippen LogP contribution in [0.4, 0.5) is 0 Å². The van der Waals surface area contributed by atoms with Crippen molar-refractivity contribution in [2.24, 2.45) is 0 Å². The summed E-state index contributed by atoms with van der Waals surface area (Å²) in [7, 11) is 0. The molecule has 0 atom stereocenters. The van der Waals surface area contributed by atoms with Crippen LogP contribution in [-0.4, -0.2) is 12.6 Å². The summed E-state index contributed by atoms with van der Waals surface area (Å²) in [4.78, 5) is 0. The first-order valence-corrected chi connectivity index (χ1v) is 6.82. The predicted octanol–water partition coefficient (Wildman–Crippen LogP) is 3.27. The Kier molecular flexibility index (Phi) is 4.86. The Balaban J connectivity index is 2.00. The standard InChI is InChI=1S/C15H16BrNO/c1-2-9-18-15-8-7-13(16)10-12(15)11-17-14-5-3-4-6-14/h1,3-4,7-8,10,14,17H,5-6,9,11H2. The molecule has 0 saturated carbocycles. The number of benzene rings is 1. The molecule has 0 saturated heterocycles. The van der Waals surface area contributed by atoms with Crippen molar-refractivity contribution in [3.8, 4) is 18.1 Å². The van der Waals surface area contributed by atoms with E-state index < -0.39 is 0 Å². The minimum Gasteiger partial charge on any atom is -0.481 e. The van der Waals surface area contributed by atoms with Crippen LogP contribution in [0, 0.1) is 12.3 Å². The van der Waals surface area contributed by atoms with Crippen LogP contribution >= 0.6 is 15.9 Å². The molecule has 2 nitrogen and oxygen atoms in total. The molecule has 1 aromatic rings. The van der Waals surface area contributed by atoms with E-state index in [0.29, 0.717) is 12.6 Å². The van der Waals surface area contributed by atoms with Crippen molar-refractivity contribution in [1.82, 2.24) is 5.32 Å². The number of hydrogen-bond donors (Lipinski definition) is 1. The SMILES string of the molecule is C#CCOc1ccc(Br)cc1CNC1CC=CC1. The van der Waals surface area contributed by atoms with E-state index in [2.05, 4.69) is 45.4 Å². The number of halogens is 1. The maximum absolute atomic E-state index is 5.54. The van der Waals surface area contributed by atoms with Crippen molar-refractivity contribution in [1.29, 1.82) is 0 Å². The van der Waals surface area contributed by atoms with Gasteiger partial charge in [0.05, 0.1) is 0 Å². The molecule has 3 heteroatoms. The molecule has 0 spiro atoms. The summed E-state index contributed by atoms with van der Waals surface area (Å²) < 4.78 is 6.60. The summed E-state index contributed by atoms with van der Waals surface area (Å²) in [5.41, 5.74) is 1.13. The Bertz CT molecular complexity index is 468. The lowest BCUT2D eigenvalue weighted by Crippen LogP contribution is -2.25. The maximum Gasteiger partial charge on any atom is 0.148 e. The van der Waals surface area contributed by atoms with E-state index in [1.54, 1.807) is 0 Å². The Morgan fingerprint density at radius 3 is 2.89 bits per heavy atom. The first kappa shape index (κ1) is 13.2. The van der Waals surface area contributed by atoms with Gasteiger partial charge in [-0.15, -0.1) is 6.42 Å². The third kappa shape index (κ3) is 3.63. The van der Waals surface area contributed by atoms with E-state index in [1.807, 2.05) is 12.1 Å². The lowest BCUT2D eigenvalue weighted by molar-refractivity contribution is 0.363. The van der Waals surface area contributed by atoms with Crippen molar-refractivity contribution in [2.75, 3.05) is 6.61 Å². The van der Waals surface area contributed by atoms with Crippen LogP contribution < -0.4 is 10.1 Å². The fourth-order valence-corrected chi connectivity index (χ4v) is 2.39. The normalized spacial score (nSPS) is 14.7. The van der Waals surface area contributed by atoms with Crippen LogP contribution in [0.5, 0.6) is 5.75 Å². The van der Waals surface area contributed by atoms with Crippen molar-refractivity contribution < 1.29 is 4.74 Å². The molecule has 18 heavy (non-hydrogen) atoms. The zero-order valence-corrected chi connectivity index (χ0v) is 11.7. The third-order valence-corrected chi connectivity index (χ3v) is 3.42. The van der Waals surface area contributed by atoms with Crippen LogP contribution in [-0.2, 0) is 6.54 Å². The quantitative estimate of drug-likeness (QED) is 0.666. The molecule has 0 aromatic heterocycles. The molecule has 0 radical (unpaired) electrons. The second-order valence-electron chi connectivity index (χ2n) is 4.27. The summed E-state index contributed by atoms with van der Waals surface area (Å²) in [6.07, 6.45) is 11.9. The minimum absolute atomic E-state index is 0.305. The van der Waals surface area contributed by atoms with Crippen molar-refractivity contribution in [3.63, 3.8) is 0 Å². The highest BCUT2D eigenvalue weighted by molar-refractivity contribution is 9.10. The summed E-state index contributed by atoms with van der Waals surface area (Å²) in [5, 5.41) is 3.53. The number of terminal acetylenes is 1. The summed E-state index contributed by atoms with van der Waals surface area (Å²) in [6.45, 7) is 1.10. The Hall–Kier alpha value is -1.24. The van der Waals surface area contributed by atoms with E-state index in [9.17, 15) is 0 Å². The Morgan fingerprint density at radius 2 is 2.17 bits per heavy atom. The second-order valence-corrected chi connectivity index (χ2v) is 5.18. The highest BCUT2D eigenvalue weighted by Crippen LogP contribution is 2.23. The molecule has 1 aromatic carbocycles. The molecule has 0 amide bonds. The van der Waals surface area contributed by atoms with Gasteiger partial charge < -0.3 is 10.1 Å². The summed E-state index contributed by atoms with van der Waals surface area (Å²) >= 11 is 3.48. The number of nitrogens with one attached hydrogen (secondary N) is 1. The highest BCUT2D eigenvalue weighted by Gasteiger charge is 2.11. The van der Waals surface area contributed by atoms with Gasteiger partial charge in [0.1, 0.15) is 12.4 Å². The molecule has 0 bridgehead atoms. The lowest BCUT2D eigenvalue weighted by atomic mass is 10.1. The topological polar surface area (TPSA) is 21.3 Å². The molecular weight excluding hydrogens is 290 g/mol. The molecule has 1 N–H and O–H groups in total. The first-order chi connectivity index (χ1) is 8.79. The summed E-state index contributed by atoms with van der Waals surface area (Å²) in [5.74, 6) is 3.35. The van der Waals surface area contributed by atoms with Gasteiger partial charge in [0.25, 0.3) is 0 Å². The van der Waals surface area contributed by atoms with Gasteiger partial charge in [-0.2, -0.15) is 0 Å². The van der Waals surface area contributed by atoms with Gasteiger partial charge in [0, 0.05) is 22.6 Å². The second kappa shape index (κ2) is 6.63. The smallest absolute Gasteiger partial charge is 0.148 e. The van der Waals surface area contributed by atoms with E-state index in [-0.39, 0.29) is 0 Å². The van der Waals surface area contributed by atoms with Crippen LogP contribution in [0.15, 0.2) is 34.8 Å². The van der Waals surface area contributed by atoms with Gasteiger partial charge in [-0.25, -0.2) is 0 Å². The van der Waals surface area contributed by atoms with Crippen molar-refractivity contribution in [2.45, 2.75) is 25.4 Å². The number of rotatable bonds is 5. The molecular formula is C15H16BrNO. The number of ether oxygens (including phenoxy) is 1. The molecule has 0 heterocycles. The molecule has 1 aliphatic carbocycles. The van der Waals surface area contributed by atoms with Crippen LogP contribution in [0.25, 0.3) is 0 Å². The fourth-order valence-electron chi connectivity index (χ4n) is 1.98. The zero-order chi connectivity index (χ0) is 12.8. The van der Waals surface area contributed by atoms with E-state index >= 15 is 0 Å². The van der Waals surface area contributed by atoms with Gasteiger partial charge in [-0.1, -0.05) is 34.0 Å². The summed E-state index contributed by atoms with van der Waals surface area (Å²) in [6, 6.07) is 6.53. The first-order valence-electron chi connectivity index (χ1n) is 6.02. The molecule has 0 unspecified atom stereocenters. The molecule has 94 valence electrons. The van der Waals surface area contributed by atoms with Crippen molar-refractivity contribution >= 4 is 15.9 Å². The zero-order valence-electron chi connectivity index (χ0n) is 10.2. The van der Waals surface area contributed by atoms with Gasteiger partial charge in [0.15, 0.2) is 0 Å². The third-order valence-electron chi connectivity index (χ3n) is 2.92. The maximum atomic E-state index is 5.54. The van der Waals surface area contributed by atoms with E-state index in [4.69, 9.17) is 11.2 Å². The molecule has 0 aliphatic heterocycles. The fraction of sp³-hybridized carbons (Fsp3) is 0.333. The molecule has 2 rings (SSSR count). The van der Waals surface area contributed by atoms with E-state index in [0.717, 1.165) is 35.2 Å². The predicted molar refractivity (Wildman–Crippen MR) is 77.5 cm³/mol. The molecule has 1 aliphatic rings.